The fourth-order valence-electron chi connectivity index (χ4n) is 1.03. The van der Waals surface area contributed by atoms with Crippen molar-refractivity contribution in [3.05, 3.63) is 28.8 Å². The molecule has 3 nitrogen and oxygen atoms in total. The second kappa shape index (κ2) is 4.71. The standard InChI is InChI=1S/C9H8ClF3N2O/c10-7-2-1-5(15-8(16)4-14)3-6(7)9(11,12)13/h1-3H,4,14H2,(H,15,16). The molecule has 0 unspecified atom stereocenters. The van der Waals surface area contributed by atoms with Crippen molar-refractivity contribution in [1.29, 1.82) is 0 Å². The van der Waals surface area contributed by atoms with Gasteiger partial charge in [0.1, 0.15) is 0 Å². The summed E-state index contributed by atoms with van der Waals surface area (Å²) in [4.78, 5) is 10.9. The van der Waals surface area contributed by atoms with E-state index < -0.39 is 22.7 Å². The monoisotopic (exact) mass is 252 g/mol. The molecule has 0 saturated heterocycles. The van der Waals surface area contributed by atoms with Crippen LogP contribution in [0.1, 0.15) is 5.56 Å². The SMILES string of the molecule is NCC(=O)Nc1ccc(Cl)c(C(F)(F)F)c1. The summed E-state index contributed by atoms with van der Waals surface area (Å²) < 4.78 is 37.3. The van der Waals surface area contributed by atoms with Gasteiger partial charge in [0, 0.05) is 5.69 Å². The van der Waals surface area contributed by atoms with Gasteiger partial charge in [-0.05, 0) is 18.2 Å². The topological polar surface area (TPSA) is 55.1 Å². The molecule has 0 fully saturated rings. The number of rotatable bonds is 2. The minimum absolute atomic E-state index is 0.00664. The number of hydrogen-bond acceptors (Lipinski definition) is 2. The summed E-state index contributed by atoms with van der Waals surface area (Å²) in [5.74, 6) is -0.574. The summed E-state index contributed by atoms with van der Waals surface area (Å²) in [6.07, 6.45) is -4.56. The largest absolute Gasteiger partial charge is 0.417 e. The summed E-state index contributed by atoms with van der Waals surface area (Å²) in [7, 11) is 0. The van der Waals surface area contributed by atoms with Crippen molar-refractivity contribution in [2.75, 3.05) is 11.9 Å². The molecule has 0 saturated carbocycles. The van der Waals surface area contributed by atoms with E-state index in [1.165, 1.54) is 6.07 Å². The Morgan fingerprint density at radius 3 is 2.56 bits per heavy atom. The van der Waals surface area contributed by atoms with Crippen molar-refractivity contribution in [2.24, 2.45) is 5.73 Å². The molecule has 1 rings (SSSR count). The predicted molar refractivity (Wildman–Crippen MR) is 54.1 cm³/mol. The van der Waals surface area contributed by atoms with Gasteiger partial charge >= 0.3 is 6.18 Å². The lowest BCUT2D eigenvalue weighted by molar-refractivity contribution is -0.137. The maximum Gasteiger partial charge on any atom is 0.417 e. The van der Waals surface area contributed by atoms with Crippen molar-refractivity contribution in [3.63, 3.8) is 0 Å². The highest BCUT2D eigenvalue weighted by molar-refractivity contribution is 6.31. The van der Waals surface area contributed by atoms with Crippen LogP contribution in [0.5, 0.6) is 0 Å². The second-order valence-corrected chi connectivity index (χ2v) is 3.35. The van der Waals surface area contributed by atoms with Crippen LogP contribution in [0.2, 0.25) is 5.02 Å². The molecule has 3 N–H and O–H groups in total. The fourth-order valence-corrected chi connectivity index (χ4v) is 1.26. The molecule has 0 bridgehead atoms. The Morgan fingerprint density at radius 1 is 1.44 bits per heavy atom. The van der Waals surface area contributed by atoms with E-state index >= 15 is 0 Å². The molecule has 0 aliphatic heterocycles. The molecule has 16 heavy (non-hydrogen) atoms. The van der Waals surface area contributed by atoms with Crippen LogP contribution in [0.3, 0.4) is 0 Å². The van der Waals surface area contributed by atoms with Gasteiger partial charge in [-0.1, -0.05) is 11.6 Å². The highest BCUT2D eigenvalue weighted by atomic mass is 35.5. The second-order valence-electron chi connectivity index (χ2n) is 2.94. The van der Waals surface area contributed by atoms with Crippen LogP contribution in [-0.2, 0) is 11.0 Å². The van der Waals surface area contributed by atoms with Crippen LogP contribution >= 0.6 is 11.6 Å². The number of nitrogens with two attached hydrogens (primary N) is 1. The Hall–Kier alpha value is -1.27. The predicted octanol–water partition coefficient (Wildman–Crippen LogP) is 2.26. The van der Waals surface area contributed by atoms with E-state index in [9.17, 15) is 18.0 Å². The van der Waals surface area contributed by atoms with Gasteiger partial charge in [-0.15, -0.1) is 0 Å². The molecule has 0 aliphatic rings. The summed E-state index contributed by atoms with van der Waals surface area (Å²) in [6, 6.07) is 3.09. The van der Waals surface area contributed by atoms with E-state index in [1.807, 2.05) is 0 Å². The van der Waals surface area contributed by atoms with Gasteiger partial charge in [-0.25, -0.2) is 0 Å². The van der Waals surface area contributed by atoms with Crippen LogP contribution in [-0.4, -0.2) is 12.5 Å². The first-order valence-corrected chi connectivity index (χ1v) is 4.59. The lowest BCUT2D eigenvalue weighted by Crippen LogP contribution is -2.22. The number of halogens is 4. The maximum atomic E-state index is 12.4. The average Bonchev–Trinajstić information content (AvgIpc) is 2.19. The Labute approximate surface area is 94.4 Å². The molecular weight excluding hydrogens is 245 g/mol. The third-order valence-corrected chi connectivity index (χ3v) is 2.07. The molecule has 1 aromatic rings. The fraction of sp³-hybridized carbons (Fsp3) is 0.222. The smallest absolute Gasteiger partial charge is 0.325 e. The van der Waals surface area contributed by atoms with Crippen molar-refractivity contribution in [2.45, 2.75) is 6.18 Å². The van der Waals surface area contributed by atoms with Crippen molar-refractivity contribution < 1.29 is 18.0 Å². The van der Waals surface area contributed by atoms with Crippen molar-refractivity contribution >= 4 is 23.2 Å². The van der Waals surface area contributed by atoms with Gasteiger partial charge in [0.25, 0.3) is 0 Å². The zero-order chi connectivity index (χ0) is 12.3. The minimum Gasteiger partial charge on any atom is -0.325 e. The van der Waals surface area contributed by atoms with E-state index in [0.29, 0.717) is 0 Å². The number of hydrogen-bond donors (Lipinski definition) is 2. The van der Waals surface area contributed by atoms with Crippen LogP contribution in [0.15, 0.2) is 18.2 Å². The van der Waals surface area contributed by atoms with E-state index in [4.69, 9.17) is 17.3 Å². The third kappa shape index (κ3) is 3.11. The van der Waals surface area contributed by atoms with E-state index in [0.717, 1.165) is 12.1 Å². The summed E-state index contributed by atoms with van der Waals surface area (Å²) in [5.41, 5.74) is 4.02. The molecule has 0 aliphatic carbocycles. The van der Waals surface area contributed by atoms with Gasteiger partial charge in [-0.2, -0.15) is 13.2 Å². The first-order valence-electron chi connectivity index (χ1n) is 4.21. The quantitative estimate of drug-likeness (QED) is 0.848. The van der Waals surface area contributed by atoms with Gasteiger partial charge < -0.3 is 11.1 Å². The Morgan fingerprint density at radius 2 is 2.06 bits per heavy atom. The summed E-state index contributed by atoms with van der Waals surface area (Å²) >= 11 is 5.39. The van der Waals surface area contributed by atoms with Crippen LogP contribution < -0.4 is 11.1 Å². The number of carbonyl (C=O) groups is 1. The van der Waals surface area contributed by atoms with E-state index in [1.54, 1.807) is 0 Å². The van der Waals surface area contributed by atoms with E-state index in [2.05, 4.69) is 5.32 Å². The molecule has 7 heteroatoms. The Kier molecular flexibility index (Phi) is 3.77. The molecule has 1 amide bonds. The third-order valence-electron chi connectivity index (χ3n) is 1.74. The van der Waals surface area contributed by atoms with Crippen LogP contribution in [0.25, 0.3) is 0 Å². The number of nitrogens with one attached hydrogen (secondary N) is 1. The normalized spacial score (nSPS) is 11.3. The number of carbonyl (C=O) groups excluding carboxylic acids is 1. The highest BCUT2D eigenvalue weighted by Crippen LogP contribution is 2.36. The molecule has 0 atom stereocenters. The van der Waals surface area contributed by atoms with Gasteiger partial charge in [0.15, 0.2) is 0 Å². The number of benzene rings is 1. The molecule has 0 spiro atoms. The van der Waals surface area contributed by atoms with Crippen LogP contribution in [0, 0.1) is 0 Å². The molecule has 0 heterocycles. The zero-order valence-electron chi connectivity index (χ0n) is 7.94. The van der Waals surface area contributed by atoms with Gasteiger partial charge in [0.2, 0.25) is 5.91 Å². The Bertz CT molecular complexity index is 406. The lowest BCUT2D eigenvalue weighted by atomic mass is 10.2. The highest BCUT2D eigenvalue weighted by Gasteiger charge is 2.33. The molecule has 88 valence electrons. The number of anilines is 1. The minimum atomic E-state index is -4.56. The molecular formula is C9H8ClF3N2O. The molecule has 1 aromatic carbocycles. The van der Waals surface area contributed by atoms with Crippen molar-refractivity contribution in [3.8, 4) is 0 Å². The molecule has 0 radical (unpaired) electrons. The number of amides is 1. The lowest BCUT2D eigenvalue weighted by Gasteiger charge is -2.11. The van der Waals surface area contributed by atoms with Crippen LogP contribution in [0.4, 0.5) is 18.9 Å². The average molecular weight is 253 g/mol. The zero-order valence-corrected chi connectivity index (χ0v) is 8.69. The Balaban J connectivity index is 3.03. The van der Waals surface area contributed by atoms with Gasteiger partial charge in [-0.3, -0.25) is 4.79 Å². The summed E-state index contributed by atoms with van der Waals surface area (Å²) in [6.45, 7) is -0.302. The first kappa shape index (κ1) is 12.8. The maximum absolute atomic E-state index is 12.4. The number of alkyl halides is 3. The van der Waals surface area contributed by atoms with E-state index in [-0.39, 0.29) is 12.2 Å². The summed E-state index contributed by atoms with van der Waals surface area (Å²) in [5, 5.41) is 1.79. The van der Waals surface area contributed by atoms with Crippen molar-refractivity contribution in [1.82, 2.24) is 0 Å². The first-order chi connectivity index (χ1) is 7.34. The van der Waals surface area contributed by atoms with Gasteiger partial charge in [0.05, 0.1) is 17.1 Å². The molecule has 0 aromatic heterocycles.